The molecule has 2 saturated carbocycles. The van der Waals surface area contributed by atoms with Crippen molar-refractivity contribution in [2.75, 3.05) is 11.4 Å². The summed E-state index contributed by atoms with van der Waals surface area (Å²) in [7, 11) is 1.87. The first kappa shape index (κ1) is 25.3. The fourth-order valence-electron chi connectivity index (χ4n) is 6.73. The van der Waals surface area contributed by atoms with Gasteiger partial charge in [-0.15, -0.1) is 5.10 Å². The summed E-state index contributed by atoms with van der Waals surface area (Å²) >= 11 is 1.28. The predicted molar refractivity (Wildman–Crippen MR) is 148 cm³/mol. The van der Waals surface area contributed by atoms with Crippen LogP contribution in [0, 0.1) is 24.7 Å². The van der Waals surface area contributed by atoms with Crippen molar-refractivity contribution in [3.8, 4) is 11.7 Å². The lowest BCUT2D eigenvalue weighted by Gasteiger charge is -2.34. The lowest BCUT2D eigenvalue weighted by atomic mass is 9.97. The van der Waals surface area contributed by atoms with Crippen LogP contribution in [0.4, 0.5) is 5.82 Å². The van der Waals surface area contributed by atoms with E-state index in [-0.39, 0.29) is 17.6 Å². The second-order valence-electron chi connectivity index (χ2n) is 12.0. The van der Waals surface area contributed by atoms with E-state index in [9.17, 15) is 4.79 Å². The summed E-state index contributed by atoms with van der Waals surface area (Å²) in [6.07, 6.45) is 10.2. The highest BCUT2D eigenvalue weighted by molar-refractivity contribution is 7.98. The van der Waals surface area contributed by atoms with Crippen molar-refractivity contribution in [1.29, 1.82) is 0 Å². The molecule has 3 fully saturated rings. The number of aromatic nitrogens is 5. The summed E-state index contributed by atoms with van der Waals surface area (Å²) in [6.45, 7) is 9.46. The minimum atomic E-state index is -0.177. The van der Waals surface area contributed by atoms with Gasteiger partial charge in [0.2, 0.25) is 5.88 Å². The van der Waals surface area contributed by atoms with Crippen molar-refractivity contribution in [1.82, 2.24) is 29.3 Å². The summed E-state index contributed by atoms with van der Waals surface area (Å²) in [5.41, 5.74) is 1.31. The molecule has 202 valence electrons. The number of pyridine rings is 1. The molecule has 0 radical (unpaired) electrons. The van der Waals surface area contributed by atoms with Gasteiger partial charge >= 0.3 is 0 Å². The molecular formula is C28H37N7O2S. The normalized spacial score (nSPS) is 25.8. The Labute approximate surface area is 228 Å². The van der Waals surface area contributed by atoms with Gasteiger partial charge in [0.05, 0.1) is 16.2 Å². The van der Waals surface area contributed by atoms with E-state index in [0.717, 1.165) is 35.9 Å². The Bertz CT molecular complexity index is 1350. The number of nitrogens with zero attached hydrogens (tertiary/aromatic N) is 6. The molecule has 3 aliphatic rings. The number of anilines is 1. The second-order valence-corrected chi connectivity index (χ2v) is 12.8. The maximum absolute atomic E-state index is 13.4. The van der Waals surface area contributed by atoms with Crippen LogP contribution in [0.2, 0.25) is 0 Å². The molecule has 2 bridgehead atoms. The van der Waals surface area contributed by atoms with Gasteiger partial charge in [-0.2, -0.15) is 5.10 Å². The van der Waals surface area contributed by atoms with Gasteiger partial charge in [0.15, 0.2) is 5.82 Å². The molecule has 3 aromatic rings. The quantitative estimate of drug-likeness (QED) is 0.429. The molecule has 0 aromatic carbocycles. The number of carbonyl (C=O) groups excluding carboxylic acids is 1. The number of nitrogens with one attached hydrogen (secondary N) is 1. The van der Waals surface area contributed by atoms with E-state index in [1.807, 2.05) is 44.6 Å². The largest absolute Gasteiger partial charge is 0.473 e. The summed E-state index contributed by atoms with van der Waals surface area (Å²) in [4.78, 5) is 21.7. The Hall–Kier alpha value is -3.01. The Kier molecular flexibility index (Phi) is 6.40. The van der Waals surface area contributed by atoms with E-state index in [4.69, 9.17) is 14.8 Å². The smallest absolute Gasteiger partial charge is 0.265 e. The number of aryl methyl sites for hydroxylation is 2. The van der Waals surface area contributed by atoms with Crippen LogP contribution < -0.4 is 14.4 Å². The fraction of sp³-hybridized carbons (Fsp3) is 0.571. The molecule has 4 heterocycles. The maximum atomic E-state index is 13.4. The van der Waals surface area contributed by atoms with Gasteiger partial charge in [-0.25, -0.2) is 9.67 Å². The summed E-state index contributed by atoms with van der Waals surface area (Å²) in [6, 6.07) is 5.64. The lowest BCUT2D eigenvalue weighted by molar-refractivity contribution is 0.0984. The molecule has 1 amide bonds. The van der Waals surface area contributed by atoms with Gasteiger partial charge in [0, 0.05) is 37.6 Å². The molecule has 2 aliphatic carbocycles. The Morgan fingerprint density at radius 3 is 2.68 bits per heavy atom. The molecule has 9 nitrogen and oxygen atoms in total. The van der Waals surface area contributed by atoms with Crippen molar-refractivity contribution < 1.29 is 9.53 Å². The van der Waals surface area contributed by atoms with E-state index >= 15 is 0 Å². The SMILES string of the molecule is Cc1nn(C)cc1SNC(=O)c1ccc(-n2ccc(O[C@H]3C[C@H]4CC[C@@H]3C4)n2)nc1N1C[C@@H](C)CC1(C)C. The molecule has 3 aromatic heterocycles. The number of carbonyl (C=O) groups is 1. The molecule has 6 rings (SSSR count). The van der Waals surface area contributed by atoms with E-state index in [1.165, 1.54) is 31.2 Å². The van der Waals surface area contributed by atoms with Crippen LogP contribution in [0.3, 0.4) is 0 Å². The Morgan fingerprint density at radius 2 is 2.03 bits per heavy atom. The van der Waals surface area contributed by atoms with Gasteiger partial charge in [0.1, 0.15) is 11.9 Å². The van der Waals surface area contributed by atoms with E-state index in [0.29, 0.717) is 34.9 Å². The number of rotatable bonds is 7. The molecule has 38 heavy (non-hydrogen) atoms. The van der Waals surface area contributed by atoms with E-state index in [2.05, 4.69) is 35.5 Å². The number of hydrogen-bond acceptors (Lipinski definition) is 7. The van der Waals surface area contributed by atoms with Crippen LogP contribution in [0.5, 0.6) is 5.88 Å². The number of ether oxygens (including phenoxy) is 1. The Morgan fingerprint density at radius 1 is 1.18 bits per heavy atom. The standard InChI is InChI=1S/C28H37N7O2S/c1-17-14-28(3,4)34(15-17)26-21(27(36)32-38-23-16-33(5)30-18(23)2)8-9-24(29-26)35-11-10-25(31-35)37-22-13-19-6-7-20(22)12-19/h8-11,16-17,19-20,22H,6-7,12-15H2,1-5H3,(H,32,36)/t17-,19-,20+,22-/m0/s1. The van der Waals surface area contributed by atoms with Crippen molar-refractivity contribution >= 4 is 23.7 Å². The first-order valence-corrected chi connectivity index (χ1v) is 14.5. The van der Waals surface area contributed by atoms with Crippen LogP contribution in [0.25, 0.3) is 5.82 Å². The average molecular weight is 536 g/mol. The zero-order chi connectivity index (χ0) is 26.6. The van der Waals surface area contributed by atoms with E-state index < -0.39 is 0 Å². The van der Waals surface area contributed by atoms with Crippen LogP contribution in [0.1, 0.15) is 68.9 Å². The molecule has 1 aliphatic heterocycles. The molecule has 4 atom stereocenters. The number of hydrogen-bond donors (Lipinski definition) is 1. The molecular weight excluding hydrogens is 498 g/mol. The van der Waals surface area contributed by atoms with Crippen molar-refractivity contribution in [3.05, 3.63) is 41.9 Å². The van der Waals surface area contributed by atoms with Crippen molar-refractivity contribution in [3.63, 3.8) is 0 Å². The number of amides is 1. The van der Waals surface area contributed by atoms with Gasteiger partial charge in [-0.3, -0.25) is 14.2 Å². The maximum Gasteiger partial charge on any atom is 0.265 e. The fourth-order valence-corrected chi connectivity index (χ4v) is 7.43. The first-order chi connectivity index (χ1) is 18.2. The van der Waals surface area contributed by atoms with Gasteiger partial charge in [-0.05, 0) is 94.7 Å². The third kappa shape index (κ3) is 4.79. The lowest BCUT2D eigenvalue weighted by Crippen LogP contribution is -2.40. The second kappa shape index (κ2) is 9.63. The zero-order valence-electron chi connectivity index (χ0n) is 22.8. The van der Waals surface area contributed by atoms with Gasteiger partial charge in [-0.1, -0.05) is 6.92 Å². The number of fused-ring (bicyclic) bond motifs is 2. The molecule has 10 heteroatoms. The third-order valence-corrected chi connectivity index (χ3v) is 9.31. The zero-order valence-corrected chi connectivity index (χ0v) is 23.7. The summed E-state index contributed by atoms with van der Waals surface area (Å²) in [5, 5.41) is 9.07. The predicted octanol–water partition coefficient (Wildman–Crippen LogP) is 4.94. The van der Waals surface area contributed by atoms with Crippen molar-refractivity contribution in [2.45, 2.75) is 76.3 Å². The van der Waals surface area contributed by atoms with Gasteiger partial charge < -0.3 is 9.64 Å². The topological polar surface area (TPSA) is 90.1 Å². The molecule has 1 saturated heterocycles. The van der Waals surface area contributed by atoms with Crippen molar-refractivity contribution in [2.24, 2.45) is 24.8 Å². The third-order valence-electron chi connectivity index (χ3n) is 8.40. The molecule has 0 unspecified atom stereocenters. The van der Waals surface area contributed by atoms with E-state index in [1.54, 1.807) is 9.36 Å². The highest BCUT2D eigenvalue weighted by atomic mass is 32.2. The summed E-state index contributed by atoms with van der Waals surface area (Å²) in [5.74, 6) is 3.82. The van der Waals surface area contributed by atoms with Crippen LogP contribution in [-0.4, -0.2) is 48.6 Å². The first-order valence-electron chi connectivity index (χ1n) is 13.6. The Balaban J connectivity index is 1.27. The highest BCUT2D eigenvalue weighted by Crippen LogP contribution is 2.46. The highest BCUT2D eigenvalue weighted by Gasteiger charge is 2.41. The monoisotopic (exact) mass is 535 g/mol. The minimum Gasteiger partial charge on any atom is -0.473 e. The minimum absolute atomic E-state index is 0.118. The molecule has 1 N–H and O–H groups in total. The summed E-state index contributed by atoms with van der Waals surface area (Å²) < 4.78 is 12.8. The molecule has 0 spiro atoms. The van der Waals surface area contributed by atoms with Crippen LogP contribution in [-0.2, 0) is 7.05 Å². The van der Waals surface area contributed by atoms with Crippen LogP contribution >= 0.6 is 11.9 Å². The average Bonchev–Trinajstić information content (AvgIpc) is 3.68. The van der Waals surface area contributed by atoms with Crippen LogP contribution in [0.15, 0.2) is 35.5 Å². The van der Waals surface area contributed by atoms with Gasteiger partial charge in [0.25, 0.3) is 5.91 Å².